The molecule has 1 aromatic heterocycles. The van der Waals surface area contributed by atoms with Crippen molar-refractivity contribution in [3.05, 3.63) is 57.7 Å². The molecule has 2 aliphatic heterocycles. The lowest BCUT2D eigenvalue weighted by Crippen LogP contribution is -2.59. The van der Waals surface area contributed by atoms with Gasteiger partial charge in [0.15, 0.2) is 0 Å². The monoisotopic (exact) mass is 423 g/mol. The number of benzene rings is 1. The van der Waals surface area contributed by atoms with E-state index in [1.807, 2.05) is 31.3 Å². The molecule has 4 rings (SSSR count). The Morgan fingerprint density at radius 3 is 2.32 bits per heavy atom. The first kappa shape index (κ1) is 20.9. The molecule has 0 saturated carbocycles. The zero-order chi connectivity index (χ0) is 20.3. The molecular formula is C20H23Cl2N3O3. The van der Waals surface area contributed by atoms with Gasteiger partial charge in [0.25, 0.3) is 6.47 Å². The molecule has 3 heterocycles. The highest BCUT2D eigenvalue weighted by Crippen LogP contribution is 2.38. The van der Waals surface area contributed by atoms with Crippen LogP contribution in [0.1, 0.15) is 24.0 Å². The number of hydrogen-bond donors (Lipinski definition) is 2. The molecule has 8 heteroatoms. The number of nitrogens with zero attached hydrogens (tertiary/aromatic N) is 3. The highest BCUT2D eigenvalue weighted by Gasteiger charge is 2.36. The molecule has 28 heavy (non-hydrogen) atoms. The van der Waals surface area contributed by atoms with Crippen LogP contribution in [-0.2, 0) is 11.3 Å². The number of carboxylic acid groups (broad SMARTS) is 1. The maximum absolute atomic E-state index is 9.79. The Morgan fingerprint density at radius 1 is 1.21 bits per heavy atom. The van der Waals surface area contributed by atoms with Crippen LogP contribution in [0.2, 0.25) is 10.0 Å². The lowest BCUT2D eigenvalue weighted by molar-refractivity contribution is -0.122. The Bertz CT molecular complexity index is 796. The fraction of sp³-hybridized carbons (Fsp3) is 0.400. The maximum atomic E-state index is 9.79. The summed E-state index contributed by atoms with van der Waals surface area (Å²) in [6.07, 6.45) is 1.93. The predicted molar refractivity (Wildman–Crippen MR) is 110 cm³/mol. The summed E-state index contributed by atoms with van der Waals surface area (Å²) in [6, 6.07) is 9.85. The molecule has 2 fully saturated rings. The van der Waals surface area contributed by atoms with Gasteiger partial charge in [-0.05, 0) is 36.2 Å². The molecule has 0 aliphatic carbocycles. The van der Waals surface area contributed by atoms with Gasteiger partial charge in [-0.1, -0.05) is 35.3 Å². The van der Waals surface area contributed by atoms with Crippen LogP contribution >= 0.6 is 23.2 Å². The molecule has 0 spiro atoms. The SMILES string of the molecule is CC1(O)CN(Cc2ccc(N3CC(c4c(Cl)cccc4Cl)C3)nc2)C1.O=CO. The first-order valence-corrected chi connectivity index (χ1v) is 9.75. The summed E-state index contributed by atoms with van der Waals surface area (Å²) < 4.78 is 0. The van der Waals surface area contributed by atoms with E-state index in [2.05, 4.69) is 26.9 Å². The number of anilines is 1. The van der Waals surface area contributed by atoms with E-state index in [1.165, 1.54) is 5.56 Å². The third-order valence-electron chi connectivity index (χ3n) is 4.96. The Morgan fingerprint density at radius 2 is 1.82 bits per heavy atom. The fourth-order valence-corrected chi connectivity index (χ4v) is 4.44. The largest absolute Gasteiger partial charge is 0.483 e. The van der Waals surface area contributed by atoms with Crippen molar-refractivity contribution in [2.24, 2.45) is 0 Å². The lowest BCUT2D eigenvalue weighted by atomic mass is 9.91. The van der Waals surface area contributed by atoms with Crippen molar-refractivity contribution < 1.29 is 15.0 Å². The van der Waals surface area contributed by atoms with Crippen molar-refractivity contribution in [3.8, 4) is 0 Å². The summed E-state index contributed by atoms with van der Waals surface area (Å²) in [7, 11) is 0. The van der Waals surface area contributed by atoms with Crippen molar-refractivity contribution in [3.63, 3.8) is 0 Å². The van der Waals surface area contributed by atoms with Gasteiger partial charge in [0.05, 0.1) is 5.60 Å². The normalized spacial score (nSPS) is 18.5. The summed E-state index contributed by atoms with van der Waals surface area (Å²) in [4.78, 5) is 17.4. The molecule has 2 aromatic rings. The Labute approximate surface area is 174 Å². The quantitative estimate of drug-likeness (QED) is 0.734. The van der Waals surface area contributed by atoms with Crippen LogP contribution in [0.25, 0.3) is 0 Å². The second kappa shape index (κ2) is 8.66. The van der Waals surface area contributed by atoms with Crippen LogP contribution < -0.4 is 4.90 Å². The molecule has 2 saturated heterocycles. The van der Waals surface area contributed by atoms with Gasteiger partial charge in [0, 0.05) is 54.9 Å². The molecule has 2 aliphatic rings. The first-order chi connectivity index (χ1) is 13.3. The van der Waals surface area contributed by atoms with Gasteiger partial charge < -0.3 is 15.1 Å². The number of likely N-dealkylation sites (tertiary alicyclic amines) is 1. The van der Waals surface area contributed by atoms with Crippen LogP contribution in [0, 0.1) is 0 Å². The van der Waals surface area contributed by atoms with Crippen molar-refractivity contribution in [1.82, 2.24) is 9.88 Å². The van der Waals surface area contributed by atoms with Crippen molar-refractivity contribution in [2.75, 3.05) is 31.1 Å². The van der Waals surface area contributed by atoms with Gasteiger partial charge in [-0.25, -0.2) is 4.98 Å². The smallest absolute Gasteiger partial charge is 0.290 e. The first-order valence-electron chi connectivity index (χ1n) is 8.99. The second-order valence-electron chi connectivity index (χ2n) is 7.51. The second-order valence-corrected chi connectivity index (χ2v) is 8.32. The number of hydrogen-bond acceptors (Lipinski definition) is 5. The molecular weight excluding hydrogens is 401 g/mol. The van der Waals surface area contributed by atoms with Crippen molar-refractivity contribution >= 4 is 35.5 Å². The van der Waals surface area contributed by atoms with Crippen molar-refractivity contribution in [1.29, 1.82) is 0 Å². The zero-order valence-electron chi connectivity index (χ0n) is 15.6. The number of aromatic nitrogens is 1. The maximum Gasteiger partial charge on any atom is 0.290 e. The standard InChI is InChI=1S/C19H21Cl2N3O.CH2O2/c1-19(25)11-23(12-19)8-13-5-6-17(22-7-13)24-9-14(10-24)18-15(20)3-2-4-16(18)21;2-1-3/h2-7,14,25H,8-12H2,1H3;1H,(H,2,3). The highest BCUT2D eigenvalue weighted by molar-refractivity contribution is 6.36. The Hall–Kier alpha value is -1.86. The topological polar surface area (TPSA) is 76.9 Å². The number of halogens is 2. The molecule has 0 radical (unpaired) electrons. The van der Waals surface area contributed by atoms with Crippen molar-refractivity contribution in [2.45, 2.75) is 25.0 Å². The van der Waals surface area contributed by atoms with Crippen LogP contribution in [0.5, 0.6) is 0 Å². The van der Waals surface area contributed by atoms with E-state index in [9.17, 15) is 5.11 Å². The molecule has 0 atom stereocenters. The molecule has 150 valence electrons. The minimum absolute atomic E-state index is 0.250. The molecule has 0 unspecified atom stereocenters. The minimum atomic E-state index is -0.528. The average molecular weight is 424 g/mol. The highest BCUT2D eigenvalue weighted by atomic mass is 35.5. The molecule has 6 nitrogen and oxygen atoms in total. The number of β-amino-alcohol motifs (C(OH)–C–C–N with tert-alkyl or cyclic N) is 1. The van der Waals surface area contributed by atoms with Gasteiger partial charge in [-0.3, -0.25) is 9.69 Å². The molecule has 0 amide bonds. The van der Waals surface area contributed by atoms with Gasteiger partial charge in [0.2, 0.25) is 0 Å². The minimum Gasteiger partial charge on any atom is -0.483 e. The number of carbonyl (C=O) groups is 1. The summed E-state index contributed by atoms with van der Waals surface area (Å²) in [5.74, 6) is 1.34. The van der Waals surface area contributed by atoms with E-state index in [4.69, 9.17) is 33.1 Å². The van der Waals surface area contributed by atoms with E-state index >= 15 is 0 Å². The number of aliphatic hydroxyl groups is 1. The molecule has 1 aromatic carbocycles. The lowest BCUT2D eigenvalue weighted by Gasteiger charge is -2.44. The fourth-order valence-electron chi connectivity index (χ4n) is 3.73. The number of rotatable bonds is 4. The predicted octanol–water partition coefficient (Wildman–Crippen LogP) is 3.26. The van der Waals surface area contributed by atoms with E-state index in [0.717, 1.165) is 54.2 Å². The summed E-state index contributed by atoms with van der Waals surface area (Å²) in [5.41, 5.74) is 1.69. The Kier molecular flexibility index (Phi) is 6.45. The molecule has 2 N–H and O–H groups in total. The third kappa shape index (κ3) is 4.75. The summed E-state index contributed by atoms with van der Waals surface area (Å²) in [6.45, 7) is 5.66. The van der Waals surface area contributed by atoms with E-state index in [0.29, 0.717) is 5.92 Å². The molecule has 0 bridgehead atoms. The van der Waals surface area contributed by atoms with Crippen LogP contribution in [0.3, 0.4) is 0 Å². The summed E-state index contributed by atoms with van der Waals surface area (Å²) in [5, 5.41) is 18.2. The van der Waals surface area contributed by atoms with E-state index in [1.54, 1.807) is 0 Å². The van der Waals surface area contributed by atoms with E-state index < -0.39 is 5.60 Å². The Balaban J connectivity index is 0.000000706. The van der Waals surface area contributed by atoms with Gasteiger partial charge in [0.1, 0.15) is 5.82 Å². The average Bonchev–Trinajstić information content (AvgIpc) is 2.56. The van der Waals surface area contributed by atoms with Gasteiger partial charge in [-0.15, -0.1) is 0 Å². The van der Waals surface area contributed by atoms with Gasteiger partial charge >= 0.3 is 0 Å². The number of pyridine rings is 1. The van der Waals surface area contributed by atoms with Gasteiger partial charge in [-0.2, -0.15) is 0 Å². The van der Waals surface area contributed by atoms with Crippen LogP contribution in [0.15, 0.2) is 36.5 Å². The zero-order valence-corrected chi connectivity index (χ0v) is 17.1. The summed E-state index contributed by atoms with van der Waals surface area (Å²) >= 11 is 12.6. The van der Waals surface area contributed by atoms with E-state index in [-0.39, 0.29) is 6.47 Å². The van der Waals surface area contributed by atoms with Crippen LogP contribution in [0.4, 0.5) is 5.82 Å². The van der Waals surface area contributed by atoms with Crippen LogP contribution in [-0.4, -0.2) is 58.3 Å². The third-order valence-corrected chi connectivity index (χ3v) is 5.62.